The van der Waals surface area contributed by atoms with Gasteiger partial charge in [0.05, 0.1) is 18.3 Å². The standard InChI is InChI=1S/C15H12N2O2/c18-10-12-5-7-16-9-15(12)19-13-4-3-11-2-1-6-17-14(11)8-13/h1-9,18H,10H2. The monoisotopic (exact) mass is 252 g/mol. The van der Waals surface area contributed by atoms with E-state index in [9.17, 15) is 5.11 Å². The summed E-state index contributed by atoms with van der Waals surface area (Å²) in [5.41, 5.74) is 1.57. The summed E-state index contributed by atoms with van der Waals surface area (Å²) >= 11 is 0. The van der Waals surface area contributed by atoms with Crippen molar-refractivity contribution in [3.05, 3.63) is 60.6 Å². The highest BCUT2D eigenvalue weighted by molar-refractivity contribution is 5.79. The first-order valence-electron chi connectivity index (χ1n) is 5.93. The maximum absolute atomic E-state index is 9.25. The average molecular weight is 252 g/mol. The van der Waals surface area contributed by atoms with Crippen molar-refractivity contribution in [3.63, 3.8) is 0 Å². The molecular weight excluding hydrogens is 240 g/mol. The molecule has 19 heavy (non-hydrogen) atoms. The zero-order chi connectivity index (χ0) is 13.1. The topological polar surface area (TPSA) is 55.2 Å². The van der Waals surface area contributed by atoms with Crippen LogP contribution in [0.2, 0.25) is 0 Å². The van der Waals surface area contributed by atoms with Crippen molar-refractivity contribution in [2.75, 3.05) is 0 Å². The number of hydrogen-bond donors (Lipinski definition) is 1. The number of aliphatic hydroxyl groups excluding tert-OH is 1. The molecule has 4 nitrogen and oxygen atoms in total. The van der Waals surface area contributed by atoms with Gasteiger partial charge >= 0.3 is 0 Å². The van der Waals surface area contributed by atoms with Crippen molar-refractivity contribution in [2.45, 2.75) is 6.61 Å². The first-order chi connectivity index (χ1) is 9.36. The maximum atomic E-state index is 9.25. The van der Waals surface area contributed by atoms with Crippen molar-refractivity contribution in [3.8, 4) is 11.5 Å². The number of benzene rings is 1. The van der Waals surface area contributed by atoms with Gasteiger partial charge in [0, 0.05) is 29.4 Å². The Bertz CT molecular complexity index is 713. The third-order valence-electron chi connectivity index (χ3n) is 2.85. The summed E-state index contributed by atoms with van der Waals surface area (Å²) in [5.74, 6) is 1.23. The van der Waals surface area contributed by atoms with Crippen LogP contribution in [0.25, 0.3) is 10.9 Å². The van der Waals surface area contributed by atoms with Crippen LogP contribution < -0.4 is 4.74 Å². The Balaban J connectivity index is 1.96. The molecule has 2 aromatic heterocycles. The molecule has 1 aromatic carbocycles. The number of hydrogen-bond acceptors (Lipinski definition) is 4. The van der Waals surface area contributed by atoms with Crippen LogP contribution in [-0.2, 0) is 6.61 Å². The number of nitrogens with zero attached hydrogens (tertiary/aromatic N) is 2. The molecule has 0 fully saturated rings. The van der Waals surface area contributed by atoms with Gasteiger partial charge in [-0.15, -0.1) is 0 Å². The number of fused-ring (bicyclic) bond motifs is 1. The highest BCUT2D eigenvalue weighted by atomic mass is 16.5. The molecule has 0 radical (unpaired) electrons. The minimum atomic E-state index is -0.0797. The molecule has 3 aromatic rings. The molecule has 2 heterocycles. The predicted molar refractivity (Wildman–Crippen MR) is 72.0 cm³/mol. The number of rotatable bonds is 3. The molecule has 0 spiro atoms. The summed E-state index contributed by atoms with van der Waals surface area (Å²) in [6, 6.07) is 11.3. The van der Waals surface area contributed by atoms with Crippen molar-refractivity contribution in [2.24, 2.45) is 0 Å². The molecule has 0 amide bonds. The molecule has 3 rings (SSSR count). The van der Waals surface area contributed by atoms with Gasteiger partial charge in [0.1, 0.15) is 5.75 Å². The van der Waals surface area contributed by atoms with E-state index in [2.05, 4.69) is 9.97 Å². The molecule has 0 bridgehead atoms. The first kappa shape index (κ1) is 11.6. The van der Waals surface area contributed by atoms with Gasteiger partial charge in [0.2, 0.25) is 0 Å². The van der Waals surface area contributed by atoms with Crippen molar-refractivity contribution >= 4 is 10.9 Å². The SMILES string of the molecule is OCc1ccncc1Oc1ccc2cccnc2c1. The van der Waals surface area contributed by atoms with Crippen molar-refractivity contribution in [1.82, 2.24) is 9.97 Å². The summed E-state index contributed by atoms with van der Waals surface area (Å²) in [6.45, 7) is -0.0797. The van der Waals surface area contributed by atoms with E-state index in [1.165, 1.54) is 0 Å². The van der Waals surface area contributed by atoms with Gasteiger partial charge in [0.25, 0.3) is 0 Å². The largest absolute Gasteiger partial charge is 0.455 e. The van der Waals surface area contributed by atoms with E-state index in [1.807, 2.05) is 30.3 Å². The average Bonchev–Trinajstić information content (AvgIpc) is 2.48. The molecular formula is C15H12N2O2. The van der Waals surface area contributed by atoms with Crippen LogP contribution in [0.15, 0.2) is 55.0 Å². The van der Waals surface area contributed by atoms with Crippen LogP contribution in [0, 0.1) is 0 Å². The zero-order valence-electron chi connectivity index (χ0n) is 10.2. The van der Waals surface area contributed by atoms with Gasteiger partial charge in [-0.25, -0.2) is 0 Å². The van der Waals surface area contributed by atoms with Gasteiger partial charge in [-0.3, -0.25) is 9.97 Å². The molecule has 0 saturated heterocycles. The quantitative estimate of drug-likeness (QED) is 0.778. The fourth-order valence-corrected chi connectivity index (χ4v) is 1.87. The molecule has 4 heteroatoms. The summed E-state index contributed by atoms with van der Waals surface area (Å²) in [7, 11) is 0. The second-order valence-corrected chi connectivity index (χ2v) is 4.10. The second kappa shape index (κ2) is 5.04. The van der Waals surface area contributed by atoms with E-state index in [4.69, 9.17) is 4.74 Å². The lowest BCUT2D eigenvalue weighted by molar-refractivity contribution is 0.276. The first-order valence-corrected chi connectivity index (χ1v) is 5.93. The Kier molecular flexibility index (Phi) is 3.08. The third kappa shape index (κ3) is 2.39. The fourth-order valence-electron chi connectivity index (χ4n) is 1.87. The molecule has 0 atom stereocenters. The molecule has 0 unspecified atom stereocenters. The smallest absolute Gasteiger partial charge is 0.151 e. The van der Waals surface area contributed by atoms with Gasteiger partial charge in [0.15, 0.2) is 5.75 Å². The molecule has 0 aliphatic carbocycles. The maximum Gasteiger partial charge on any atom is 0.151 e. The summed E-state index contributed by atoms with van der Waals surface area (Å²) in [4.78, 5) is 8.28. The molecule has 0 aliphatic rings. The lowest BCUT2D eigenvalue weighted by atomic mass is 10.2. The van der Waals surface area contributed by atoms with E-state index in [-0.39, 0.29) is 6.61 Å². The van der Waals surface area contributed by atoms with E-state index in [1.54, 1.807) is 24.7 Å². The molecule has 0 aliphatic heterocycles. The Hall–Kier alpha value is -2.46. The summed E-state index contributed by atoms with van der Waals surface area (Å²) in [6.07, 6.45) is 4.96. The van der Waals surface area contributed by atoms with E-state index in [0.717, 1.165) is 10.9 Å². The highest BCUT2D eigenvalue weighted by Crippen LogP contribution is 2.26. The van der Waals surface area contributed by atoms with Crippen LogP contribution in [0.5, 0.6) is 11.5 Å². The number of ether oxygens (including phenoxy) is 1. The van der Waals surface area contributed by atoms with E-state index < -0.39 is 0 Å². The third-order valence-corrected chi connectivity index (χ3v) is 2.85. The predicted octanol–water partition coefficient (Wildman–Crippen LogP) is 2.91. The van der Waals surface area contributed by atoms with Crippen LogP contribution >= 0.6 is 0 Å². The van der Waals surface area contributed by atoms with Crippen LogP contribution in [-0.4, -0.2) is 15.1 Å². The van der Waals surface area contributed by atoms with Gasteiger partial charge in [-0.1, -0.05) is 6.07 Å². The van der Waals surface area contributed by atoms with E-state index in [0.29, 0.717) is 17.1 Å². The highest BCUT2D eigenvalue weighted by Gasteiger charge is 2.05. The second-order valence-electron chi connectivity index (χ2n) is 4.10. The minimum Gasteiger partial charge on any atom is -0.455 e. The lowest BCUT2D eigenvalue weighted by Crippen LogP contribution is -1.92. The molecule has 94 valence electrons. The zero-order valence-corrected chi connectivity index (χ0v) is 10.2. The fraction of sp³-hybridized carbons (Fsp3) is 0.0667. The van der Waals surface area contributed by atoms with Gasteiger partial charge in [-0.2, -0.15) is 0 Å². The van der Waals surface area contributed by atoms with Crippen LogP contribution in [0.4, 0.5) is 0 Å². The lowest BCUT2D eigenvalue weighted by Gasteiger charge is -2.09. The Labute approximate surface area is 110 Å². The molecule has 1 N–H and O–H groups in total. The number of pyridine rings is 2. The summed E-state index contributed by atoms with van der Waals surface area (Å²) in [5, 5.41) is 10.3. The van der Waals surface area contributed by atoms with Gasteiger partial charge < -0.3 is 9.84 Å². The van der Waals surface area contributed by atoms with Crippen LogP contribution in [0.3, 0.4) is 0 Å². The van der Waals surface area contributed by atoms with Crippen LogP contribution in [0.1, 0.15) is 5.56 Å². The van der Waals surface area contributed by atoms with Crippen molar-refractivity contribution < 1.29 is 9.84 Å². The Morgan fingerprint density at radius 1 is 1.11 bits per heavy atom. The summed E-state index contributed by atoms with van der Waals surface area (Å²) < 4.78 is 5.75. The number of aromatic nitrogens is 2. The normalized spacial score (nSPS) is 10.6. The number of aliphatic hydroxyl groups is 1. The van der Waals surface area contributed by atoms with E-state index >= 15 is 0 Å². The Morgan fingerprint density at radius 3 is 2.95 bits per heavy atom. The Morgan fingerprint density at radius 2 is 2.05 bits per heavy atom. The van der Waals surface area contributed by atoms with Crippen molar-refractivity contribution in [1.29, 1.82) is 0 Å². The minimum absolute atomic E-state index is 0.0797. The van der Waals surface area contributed by atoms with Gasteiger partial charge in [-0.05, 0) is 24.3 Å². The molecule has 0 saturated carbocycles.